The number of hydrogen-bond acceptors (Lipinski definition) is 2. The van der Waals surface area contributed by atoms with Gasteiger partial charge in [-0.3, -0.25) is 0 Å². The number of sulfonamides is 1. The first kappa shape index (κ1) is 11.6. The van der Waals surface area contributed by atoms with Crippen LogP contribution in [0.1, 0.15) is 37.7 Å². The van der Waals surface area contributed by atoms with Gasteiger partial charge in [0.2, 0.25) is 10.0 Å². The van der Waals surface area contributed by atoms with Crippen LogP contribution in [0, 0.1) is 0 Å². The van der Waals surface area contributed by atoms with E-state index in [-0.39, 0.29) is 0 Å². The fourth-order valence-electron chi connectivity index (χ4n) is 1.67. The molecular formula is C12H17NO2S. The van der Waals surface area contributed by atoms with Crippen LogP contribution in [0.15, 0.2) is 29.2 Å². The highest BCUT2D eigenvalue weighted by molar-refractivity contribution is 7.89. The molecule has 1 aliphatic rings. The number of hydrogen-bond donors (Lipinski definition) is 1. The maximum Gasteiger partial charge on any atom is 0.240 e. The van der Waals surface area contributed by atoms with Gasteiger partial charge < -0.3 is 0 Å². The molecule has 0 aliphatic heterocycles. The van der Waals surface area contributed by atoms with Crippen LogP contribution < -0.4 is 4.72 Å². The highest BCUT2D eigenvalue weighted by Gasteiger charge is 2.24. The SMILES string of the molecule is CCCNS(=O)(=O)c1cccc(C2CC2)c1. The van der Waals surface area contributed by atoms with E-state index in [0.29, 0.717) is 17.4 Å². The monoisotopic (exact) mass is 239 g/mol. The van der Waals surface area contributed by atoms with Crippen molar-refractivity contribution in [3.63, 3.8) is 0 Å². The highest BCUT2D eigenvalue weighted by atomic mass is 32.2. The van der Waals surface area contributed by atoms with Crippen LogP contribution >= 0.6 is 0 Å². The molecule has 1 fully saturated rings. The van der Waals surface area contributed by atoms with Gasteiger partial charge in [0.1, 0.15) is 0 Å². The van der Waals surface area contributed by atoms with Crippen molar-refractivity contribution < 1.29 is 8.42 Å². The third-order valence-corrected chi connectivity index (χ3v) is 4.22. The van der Waals surface area contributed by atoms with Crippen molar-refractivity contribution in [3.05, 3.63) is 29.8 Å². The average molecular weight is 239 g/mol. The van der Waals surface area contributed by atoms with Gasteiger partial charge in [0.05, 0.1) is 4.90 Å². The molecule has 1 N–H and O–H groups in total. The van der Waals surface area contributed by atoms with Crippen molar-refractivity contribution in [2.45, 2.75) is 37.0 Å². The van der Waals surface area contributed by atoms with E-state index in [1.165, 1.54) is 12.8 Å². The summed E-state index contributed by atoms with van der Waals surface area (Å²) in [5.74, 6) is 0.585. The Morgan fingerprint density at radius 1 is 1.38 bits per heavy atom. The second kappa shape index (κ2) is 4.55. The Bertz CT molecular complexity index is 464. The Hall–Kier alpha value is -0.870. The summed E-state index contributed by atoms with van der Waals surface area (Å²) in [6, 6.07) is 7.30. The second-order valence-electron chi connectivity index (χ2n) is 4.24. The minimum Gasteiger partial charge on any atom is -0.211 e. The minimum atomic E-state index is -3.30. The molecule has 0 atom stereocenters. The zero-order chi connectivity index (χ0) is 11.6. The molecule has 0 saturated heterocycles. The topological polar surface area (TPSA) is 46.2 Å². The second-order valence-corrected chi connectivity index (χ2v) is 6.01. The molecule has 88 valence electrons. The predicted molar refractivity (Wildman–Crippen MR) is 63.9 cm³/mol. The lowest BCUT2D eigenvalue weighted by atomic mass is 10.1. The van der Waals surface area contributed by atoms with Crippen molar-refractivity contribution in [2.24, 2.45) is 0 Å². The zero-order valence-electron chi connectivity index (χ0n) is 9.44. The summed E-state index contributed by atoms with van der Waals surface area (Å²) in [6.07, 6.45) is 3.18. The smallest absolute Gasteiger partial charge is 0.211 e. The summed E-state index contributed by atoms with van der Waals surface area (Å²) in [7, 11) is -3.30. The maximum absolute atomic E-state index is 11.9. The molecule has 3 nitrogen and oxygen atoms in total. The van der Waals surface area contributed by atoms with Gasteiger partial charge in [0.25, 0.3) is 0 Å². The summed E-state index contributed by atoms with van der Waals surface area (Å²) < 4.78 is 26.3. The molecule has 1 aromatic carbocycles. The average Bonchev–Trinajstić information content (AvgIpc) is 3.10. The Morgan fingerprint density at radius 3 is 2.75 bits per heavy atom. The minimum absolute atomic E-state index is 0.394. The molecule has 0 aromatic heterocycles. The molecule has 0 radical (unpaired) electrons. The van der Waals surface area contributed by atoms with Crippen molar-refractivity contribution >= 4 is 10.0 Å². The van der Waals surface area contributed by atoms with E-state index >= 15 is 0 Å². The van der Waals surface area contributed by atoms with Gasteiger partial charge in [-0.15, -0.1) is 0 Å². The van der Waals surface area contributed by atoms with Gasteiger partial charge in [0, 0.05) is 6.54 Å². The Morgan fingerprint density at radius 2 is 2.12 bits per heavy atom. The first-order valence-corrected chi connectivity index (χ1v) is 7.21. The maximum atomic E-state index is 11.9. The van der Waals surface area contributed by atoms with E-state index in [4.69, 9.17) is 0 Å². The van der Waals surface area contributed by atoms with Crippen LogP contribution in [-0.4, -0.2) is 15.0 Å². The van der Waals surface area contributed by atoms with Crippen LogP contribution in [0.4, 0.5) is 0 Å². The van der Waals surface area contributed by atoms with Crippen molar-refractivity contribution in [2.75, 3.05) is 6.54 Å². The molecule has 0 heterocycles. The summed E-state index contributed by atoms with van der Waals surface area (Å²) in [5.41, 5.74) is 1.15. The van der Waals surface area contributed by atoms with E-state index in [0.717, 1.165) is 12.0 Å². The van der Waals surface area contributed by atoms with Crippen LogP contribution in [-0.2, 0) is 10.0 Å². The van der Waals surface area contributed by atoms with Crippen molar-refractivity contribution in [3.8, 4) is 0 Å². The van der Waals surface area contributed by atoms with Gasteiger partial charge in [-0.1, -0.05) is 19.1 Å². The third kappa shape index (κ3) is 2.62. The quantitative estimate of drug-likeness (QED) is 0.856. The Balaban J connectivity index is 2.21. The third-order valence-electron chi connectivity index (χ3n) is 2.76. The van der Waals surface area contributed by atoms with Crippen LogP contribution in [0.25, 0.3) is 0 Å². The van der Waals surface area contributed by atoms with E-state index in [9.17, 15) is 8.42 Å². The van der Waals surface area contributed by atoms with Gasteiger partial charge in [-0.25, -0.2) is 13.1 Å². The van der Waals surface area contributed by atoms with Gasteiger partial charge in [-0.2, -0.15) is 0 Å². The van der Waals surface area contributed by atoms with Crippen LogP contribution in [0.3, 0.4) is 0 Å². The summed E-state index contributed by atoms with van der Waals surface area (Å²) in [5, 5.41) is 0. The summed E-state index contributed by atoms with van der Waals surface area (Å²) >= 11 is 0. The molecule has 0 bridgehead atoms. The van der Waals surface area contributed by atoms with Crippen molar-refractivity contribution in [1.82, 2.24) is 4.72 Å². The normalized spacial score (nSPS) is 16.3. The molecule has 1 saturated carbocycles. The first-order chi connectivity index (χ1) is 7.63. The molecule has 1 aliphatic carbocycles. The fraction of sp³-hybridized carbons (Fsp3) is 0.500. The molecule has 1 aromatic rings. The van der Waals surface area contributed by atoms with E-state index in [2.05, 4.69) is 4.72 Å². The van der Waals surface area contributed by atoms with Gasteiger partial charge in [0.15, 0.2) is 0 Å². The lowest BCUT2D eigenvalue weighted by molar-refractivity contribution is 0.580. The van der Waals surface area contributed by atoms with Gasteiger partial charge in [-0.05, 0) is 42.9 Å². The van der Waals surface area contributed by atoms with E-state index in [1.54, 1.807) is 12.1 Å². The molecule has 0 amide bonds. The van der Waals surface area contributed by atoms with E-state index < -0.39 is 10.0 Å². The summed E-state index contributed by atoms with van der Waals surface area (Å²) in [6.45, 7) is 2.44. The van der Waals surface area contributed by atoms with Gasteiger partial charge >= 0.3 is 0 Å². The lowest BCUT2D eigenvalue weighted by Crippen LogP contribution is -2.24. The van der Waals surface area contributed by atoms with E-state index in [1.807, 2.05) is 19.1 Å². The Kier molecular flexibility index (Phi) is 3.30. The van der Waals surface area contributed by atoms with Crippen LogP contribution in [0.2, 0.25) is 0 Å². The molecule has 4 heteroatoms. The number of benzene rings is 1. The fourth-order valence-corrected chi connectivity index (χ4v) is 2.86. The first-order valence-electron chi connectivity index (χ1n) is 5.73. The Labute approximate surface area is 96.9 Å². The molecule has 0 spiro atoms. The van der Waals surface area contributed by atoms with Crippen LogP contribution in [0.5, 0.6) is 0 Å². The van der Waals surface area contributed by atoms with Crippen molar-refractivity contribution in [1.29, 1.82) is 0 Å². The molecule has 16 heavy (non-hydrogen) atoms. The standard InChI is InChI=1S/C12H17NO2S/c1-2-8-13-16(14,15)12-5-3-4-11(9-12)10-6-7-10/h3-5,9-10,13H,2,6-8H2,1H3. The zero-order valence-corrected chi connectivity index (χ0v) is 10.3. The summed E-state index contributed by atoms with van der Waals surface area (Å²) in [4.78, 5) is 0.394. The molecular weight excluding hydrogens is 222 g/mol. The lowest BCUT2D eigenvalue weighted by Gasteiger charge is -2.07. The largest absolute Gasteiger partial charge is 0.240 e. The molecule has 2 rings (SSSR count). The molecule has 0 unspecified atom stereocenters. The highest BCUT2D eigenvalue weighted by Crippen LogP contribution is 2.40. The predicted octanol–water partition coefficient (Wildman–Crippen LogP) is 2.25. The number of nitrogens with one attached hydrogen (secondary N) is 1. The number of rotatable bonds is 5.